The molecule has 4 rings (SSSR count). The van der Waals surface area contributed by atoms with E-state index < -0.39 is 28.0 Å². The van der Waals surface area contributed by atoms with Gasteiger partial charge in [-0.1, -0.05) is 24.3 Å². The van der Waals surface area contributed by atoms with Crippen molar-refractivity contribution in [2.75, 3.05) is 7.11 Å². The lowest BCUT2D eigenvalue weighted by molar-refractivity contribution is -0.384. The predicted octanol–water partition coefficient (Wildman–Crippen LogP) is 2.65. The monoisotopic (exact) mass is 489 g/mol. The number of carboxylic acid groups (broad SMARTS) is 1. The first-order valence-corrected chi connectivity index (χ1v) is 10.6. The van der Waals surface area contributed by atoms with Crippen molar-refractivity contribution in [2.45, 2.75) is 13.1 Å². The zero-order valence-corrected chi connectivity index (χ0v) is 18.9. The van der Waals surface area contributed by atoms with E-state index in [0.29, 0.717) is 11.1 Å². The van der Waals surface area contributed by atoms with Crippen molar-refractivity contribution in [1.29, 1.82) is 0 Å². The van der Waals surface area contributed by atoms with Gasteiger partial charge in [-0.05, 0) is 41.5 Å². The molecule has 3 aromatic carbocycles. The van der Waals surface area contributed by atoms with Gasteiger partial charge in [-0.15, -0.1) is 0 Å². The molecule has 1 heterocycles. The molecule has 0 aliphatic heterocycles. The Hall–Kier alpha value is -5.06. The third kappa shape index (κ3) is 4.62. The minimum atomic E-state index is -1.14. The molecule has 0 amide bonds. The van der Waals surface area contributed by atoms with Gasteiger partial charge in [-0.3, -0.25) is 28.8 Å². The van der Waals surface area contributed by atoms with Crippen molar-refractivity contribution in [3.63, 3.8) is 0 Å². The fraction of sp³-hybridized carbons (Fsp3) is 0.120. The molecule has 1 N–H and O–H groups in total. The quantitative estimate of drug-likeness (QED) is 0.180. The molecular formula is C25H19N3O8. The SMILES string of the molecule is COC(=O)c1cccc(Cn2c(=O)c(=O)n(Cc3cccc(C(=O)O)c3)c3ccc([N+](=O)[O-])cc32)c1. The third-order valence-electron chi connectivity index (χ3n) is 5.63. The second-order valence-corrected chi connectivity index (χ2v) is 7.91. The van der Waals surface area contributed by atoms with Crippen LogP contribution in [0.5, 0.6) is 0 Å². The molecule has 0 saturated carbocycles. The number of ether oxygens (including phenoxy) is 1. The number of rotatable bonds is 7. The summed E-state index contributed by atoms with van der Waals surface area (Å²) in [5.41, 5.74) is -0.510. The van der Waals surface area contributed by atoms with Crippen molar-refractivity contribution in [1.82, 2.24) is 9.13 Å². The lowest BCUT2D eigenvalue weighted by Crippen LogP contribution is -2.42. The van der Waals surface area contributed by atoms with E-state index in [4.69, 9.17) is 4.74 Å². The summed E-state index contributed by atoms with van der Waals surface area (Å²) in [6.07, 6.45) is 0. The van der Waals surface area contributed by atoms with Gasteiger partial charge in [0.2, 0.25) is 0 Å². The number of nitro benzene ring substituents is 1. The van der Waals surface area contributed by atoms with Crippen LogP contribution in [-0.4, -0.2) is 38.2 Å². The Labute approximate surface area is 202 Å². The summed E-state index contributed by atoms with van der Waals surface area (Å²) in [6.45, 7) is -0.256. The number of non-ortho nitro benzene ring substituents is 1. The molecule has 11 nitrogen and oxygen atoms in total. The zero-order valence-electron chi connectivity index (χ0n) is 18.9. The number of aromatic nitrogens is 2. The number of aromatic carboxylic acids is 1. The van der Waals surface area contributed by atoms with Gasteiger partial charge < -0.3 is 9.84 Å². The van der Waals surface area contributed by atoms with E-state index in [2.05, 4.69) is 0 Å². The van der Waals surface area contributed by atoms with Crippen LogP contribution < -0.4 is 11.1 Å². The number of hydrogen-bond donors (Lipinski definition) is 1. The normalized spacial score (nSPS) is 10.8. The molecule has 182 valence electrons. The highest BCUT2D eigenvalue weighted by molar-refractivity contribution is 5.89. The van der Waals surface area contributed by atoms with Gasteiger partial charge in [0, 0.05) is 12.1 Å². The van der Waals surface area contributed by atoms with E-state index in [0.717, 1.165) is 9.13 Å². The highest BCUT2D eigenvalue weighted by Crippen LogP contribution is 2.21. The molecule has 11 heteroatoms. The van der Waals surface area contributed by atoms with Gasteiger partial charge in [-0.25, -0.2) is 9.59 Å². The first-order valence-electron chi connectivity index (χ1n) is 10.6. The first-order chi connectivity index (χ1) is 17.2. The molecule has 0 aliphatic carbocycles. The predicted molar refractivity (Wildman–Crippen MR) is 129 cm³/mol. The maximum absolute atomic E-state index is 13.2. The Kier molecular flexibility index (Phi) is 6.46. The Balaban J connectivity index is 1.91. The minimum absolute atomic E-state index is 0.0133. The number of esters is 1. The maximum atomic E-state index is 13.2. The van der Waals surface area contributed by atoms with Crippen molar-refractivity contribution < 1.29 is 24.4 Å². The molecule has 0 bridgehead atoms. The van der Waals surface area contributed by atoms with Crippen LogP contribution in [0, 0.1) is 10.1 Å². The molecule has 4 aromatic rings. The van der Waals surface area contributed by atoms with E-state index in [-0.39, 0.29) is 40.9 Å². The van der Waals surface area contributed by atoms with E-state index in [1.165, 1.54) is 55.6 Å². The van der Waals surface area contributed by atoms with Gasteiger partial charge in [0.05, 0.1) is 47.3 Å². The number of nitrogens with zero attached hydrogens (tertiary/aromatic N) is 3. The molecule has 0 fully saturated rings. The van der Waals surface area contributed by atoms with Crippen LogP contribution in [-0.2, 0) is 17.8 Å². The lowest BCUT2D eigenvalue weighted by Gasteiger charge is -2.16. The van der Waals surface area contributed by atoms with Crippen LogP contribution in [0.25, 0.3) is 11.0 Å². The lowest BCUT2D eigenvalue weighted by atomic mass is 10.1. The summed E-state index contributed by atoms with van der Waals surface area (Å²) in [5.74, 6) is -1.72. The third-order valence-corrected chi connectivity index (χ3v) is 5.63. The largest absolute Gasteiger partial charge is 0.478 e. The van der Waals surface area contributed by atoms with Gasteiger partial charge >= 0.3 is 23.1 Å². The number of carbonyl (C=O) groups excluding carboxylic acids is 1. The molecule has 0 radical (unpaired) electrons. The van der Waals surface area contributed by atoms with Crippen LogP contribution >= 0.6 is 0 Å². The van der Waals surface area contributed by atoms with Crippen molar-refractivity contribution in [2.24, 2.45) is 0 Å². The van der Waals surface area contributed by atoms with E-state index in [1.807, 2.05) is 0 Å². The van der Waals surface area contributed by atoms with Gasteiger partial charge in [-0.2, -0.15) is 0 Å². The topological polar surface area (TPSA) is 151 Å². The van der Waals surface area contributed by atoms with Crippen LogP contribution in [0.15, 0.2) is 76.3 Å². The Morgan fingerprint density at radius 1 is 0.861 bits per heavy atom. The molecule has 0 spiro atoms. The number of carboxylic acids is 1. The summed E-state index contributed by atoms with van der Waals surface area (Å²) in [5, 5.41) is 20.7. The molecule has 1 aromatic heterocycles. The van der Waals surface area contributed by atoms with Crippen LogP contribution in [0.1, 0.15) is 31.8 Å². The number of carbonyl (C=O) groups is 2. The summed E-state index contributed by atoms with van der Waals surface area (Å²) in [6, 6.07) is 16.0. The smallest absolute Gasteiger partial charge is 0.337 e. The Morgan fingerprint density at radius 3 is 1.97 bits per heavy atom. The highest BCUT2D eigenvalue weighted by atomic mass is 16.6. The van der Waals surface area contributed by atoms with Crippen LogP contribution in [0.3, 0.4) is 0 Å². The first kappa shape index (κ1) is 24.1. The molecule has 0 atom stereocenters. The second kappa shape index (κ2) is 9.66. The average Bonchev–Trinajstić information content (AvgIpc) is 2.88. The number of nitro groups is 1. The van der Waals surface area contributed by atoms with Crippen molar-refractivity contribution in [3.8, 4) is 0 Å². The number of hydrogen-bond acceptors (Lipinski definition) is 7. The highest BCUT2D eigenvalue weighted by Gasteiger charge is 2.18. The standard InChI is InChI=1S/C25H19N3O8/c1-36-25(33)18-7-3-5-16(11-18)14-27-21-12-19(28(34)35)8-9-20(21)26(22(29)23(27)30)13-15-4-2-6-17(10-15)24(31)32/h2-12H,13-14H2,1H3,(H,31,32). The van der Waals surface area contributed by atoms with Gasteiger partial charge in [0.25, 0.3) is 5.69 Å². The summed E-state index contributed by atoms with van der Waals surface area (Å²) >= 11 is 0. The fourth-order valence-corrected chi connectivity index (χ4v) is 3.92. The summed E-state index contributed by atoms with van der Waals surface area (Å²) < 4.78 is 6.99. The van der Waals surface area contributed by atoms with Crippen LogP contribution in [0.4, 0.5) is 5.69 Å². The zero-order chi connectivity index (χ0) is 26.0. The Morgan fingerprint density at radius 2 is 1.42 bits per heavy atom. The van der Waals surface area contributed by atoms with Crippen LogP contribution in [0.2, 0.25) is 0 Å². The molecule has 0 saturated heterocycles. The molecular weight excluding hydrogens is 470 g/mol. The molecule has 0 aliphatic rings. The second-order valence-electron chi connectivity index (χ2n) is 7.91. The van der Waals surface area contributed by atoms with E-state index in [1.54, 1.807) is 18.2 Å². The molecule has 0 unspecified atom stereocenters. The number of methoxy groups -OCH3 is 1. The van der Waals surface area contributed by atoms with Gasteiger partial charge in [0.1, 0.15) is 0 Å². The van der Waals surface area contributed by atoms with E-state index in [9.17, 15) is 34.4 Å². The fourth-order valence-electron chi connectivity index (χ4n) is 3.92. The minimum Gasteiger partial charge on any atom is -0.478 e. The summed E-state index contributed by atoms with van der Waals surface area (Å²) in [4.78, 5) is 60.4. The average molecular weight is 489 g/mol. The van der Waals surface area contributed by atoms with Crippen molar-refractivity contribution >= 4 is 28.7 Å². The summed E-state index contributed by atoms with van der Waals surface area (Å²) in [7, 11) is 1.23. The molecule has 36 heavy (non-hydrogen) atoms. The number of benzene rings is 3. The van der Waals surface area contributed by atoms with Gasteiger partial charge in [0.15, 0.2) is 0 Å². The maximum Gasteiger partial charge on any atom is 0.337 e. The van der Waals surface area contributed by atoms with E-state index >= 15 is 0 Å². The number of fused-ring (bicyclic) bond motifs is 1. The Bertz CT molecular complexity index is 1650. The van der Waals surface area contributed by atoms with Crippen molar-refractivity contribution in [3.05, 3.63) is 120 Å².